The van der Waals surface area contributed by atoms with Gasteiger partial charge < -0.3 is 5.11 Å². The van der Waals surface area contributed by atoms with Crippen molar-refractivity contribution in [1.29, 1.82) is 0 Å². The summed E-state index contributed by atoms with van der Waals surface area (Å²) in [7, 11) is -3.81. The minimum Gasteiger partial charge on any atom is -0.393 e. The summed E-state index contributed by atoms with van der Waals surface area (Å²) in [6, 6.07) is 0. The Hall–Kier alpha value is -0.130. The van der Waals surface area contributed by atoms with Crippen molar-refractivity contribution >= 4 is 10.1 Å². The van der Waals surface area contributed by atoms with E-state index in [1.165, 1.54) is 44.9 Å². The van der Waals surface area contributed by atoms with E-state index < -0.39 is 10.1 Å². The molecule has 8 atom stereocenters. The van der Waals surface area contributed by atoms with Gasteiger partial charge in [0.25, 0.3) is 10.1 Å². The normalized spacial score (nSPS) is 45.5. The van der Waals surface area contributed by atoms with Gasteiger partial charge in [-0.3, -0.25) is 4.55 Å². The molecule has 0 amide bonds. The van der Waals surface area contributed by atoms with Gasteiger partial charge in [0.1, 0.15) is 0 Å². The molecule has 0 bridgehead atoms. The topological polar surface area (TPSA) is 74.6 Å². The molecule has 176 valence electrons. The molecule has 5 heteroatoms. The Bertz CT molecular complexity index is 677. The number of fused-ring (bicyclic) bond motifs is 5. The smallest absolute Gasteiger partial charge is 0.264 e. The quantitative estimate of drug-likeness (QED) is 0.399. The summed E-state index contributed by atoms with van der Waals surface area (Å²) in [6.07, 6.45) is 13.8. The Balaban J connectivity index is 0.00000124. The van der Waals surface area contributed by atoms with Crippen molar-refractivity contribution in [3.05, 3.63) is 0 Å². The third kappa shape index (κ3) is 4.64. The van der Waals surface area contributed by atoms with Gasteiger partial charge in [-0.05, 0) is 111 Å². The van der Waals surface area contributed by atoms with Crippen molar-refractivity contribution in [3.8, 4) is 0 Å². The monoisotopic (exact) mass is 442 g/mol. The molecule has 0 aromatic carbocycles. The minimum atomic E-state index is -3.81. The van der Waals surface area contributed by atoms with Crippen molar-refractivity contribution in [3.63, 3.8) is 0 Å². The van der Waals surface area contributed by atoms with Gasteiger partial charge in [-0.15, -0.1) is 0 Å². The summed E-state index contributed by atoms with van der Waals surface area (Å²) in [6.45, 7) is 9.08. The number of hydrogen-bond acceptors (Lipinski definition) is 3. The number of rotatable bonds is 5. The minimum absolute atomic E-state index is 0.0675. The molecule has 2 N–H and O–H groups in total. The Labute approximate surface area is 185 Å². The Kier molecular flexibility index (Phi) is 7.67. The average molecular weight is 443 g/mol. The fraction of sp³-hybridized carbons (Fsp3) is 1.00. The number of unbranched alkanes of at least 4 members (excludes halogenated alkanes) is 1. The molecular formula is C25H46O4S. The lowest BCUT2D eigenvalue weighted by Crippen LogP contribution is -2.53. The van der Waals surface area contributed by atoms with E-state index in [0.29, 0.717) is 17.3 Å². The van der Waals surface area contributed by atoms with Crippen molar-refractivity contribution in [2.45, 2.75) is 111 Å². The fourth-order valence-corrected chi connectivity index (χ4v) is 9.06. The van der Waals surface area contributed by atoms with E-state index >= 15 is 0 Å². The zero-order valence-electron chi connectivity index (χ0n) is 19.8. The summed E-state index contributed by atoms with van der Waals surface area (Å²) in [4.78, 5) is 0. The van der Waals surface area contributed by atoms with E-state index in [4.69, 9.17) is 4.55 Å². The van der Waals surface area contributed by atoms with Crippen LogP contribution in [0.2, 0.25) is 0 Å². The zero-order chi connectivity index (χ0) is 22.2. The second-order valence-corrected chi connectivity index (χ2v) is 12.8. The lowest BCUT2D eigenvalue weighted by atomic mass is 9.44. The second-order valence-electron chi connectivity index (χ2n) is 11.2. The van der Waals surface area contributed by atoms with Gasteiger partial charge in [-0.25, -0.2) is 0 Å². The third-order valence-electron chi connectivity index (χ3n) is 10.0. The van der Waals surface area contributed by atoms with Crippen LogP contribution in [0.5, 0.6) is 0 Å². The highest BCUT2D eigenvalue weighted by Gasteiger charge is 2.59. The standard InChI is InChI=1S/C23H40O4S.C2H6/c1-22-13-11-21-19(8-6-17-15-18(24)10-12-23(17,21)2)20(22)9-7-16(22)5-3-4-14-28(25,26)27;1-2/h16-21,24H,3-15H2,1-2H3,(H,25,26,27);1-2H3/t16?,17?,18-,19?,20?,21?,22?,23?;/m0./s1. The van der Waals surface area contributed by atoms with E-state index in [-0.39, 0.29) is 11.9 Å². The van der Waals surface area contributed by atoms with Crippen LogP contribution in [0.25, 0.3) is 0 Å². The van der Waals surface area contributed by atoms with E-state index in [0.717, 1.165) is 55.3 Å². The van der Waals surface area contributed by atoms with Gasteiger partial charge in [-0.1, -0.05) is 34.1 Å². The van der Waals surface area contributed by atoms with Crippen molar-refractivity contribution in [2.75, 3.05) is 5.75 Å². The summed E-state index contributed by atoms with van der Waals surface area (Å²) < 4.78 is 30.9. The lowest BCUT2D eigenvalue weighted by Gasteiger charge is -2.61. The van der Waals surface area contributed by atoms with Gasteiger partial charge in [0.2, 0.25) is 0 Å². The first kappa shape index (κ1) is 24.5. The SMILES string of the molecule is CC.CC12CCC3C(CCC4C[C@@H](O)CCC43C)C1CCC2CCCCS(=O)(=O)O. The summed E-state index contributed by atoms with van der Waals surface area (Å²) >= 11 is 0. The van der Waals surface area contributed by atoms with Gasteiger partial charge in [-0.2, -0.15) is 8.42 Å². The first-order valence-corrected chi connectivity index (χ1v) is 14.4. The maximum Gasteiger partial charge on any atom is 0.264 e. The van der Waals surface area contributed by atoms with Gasteiger partial charge in [0.05, 0.1) is 11.9 Å². The maximum absolute atomic E-state index is 11.0. The van der Waals surface area contributed by atoms with Crippen molar-refractivity contribution < 1.29 is 18.1 Å². The molecule has 4 aliphatic rings. The van der Waals surface area contributed by atoms with Gasteiger partial charge >= 0.3 is 0 Å². The molecule has 0 saturated heterocycles. The fourth-order valence-electron chi connectivity index (χ4n) is 8.49. The molecule has 4 saturated carbocycles. The Morgan fingerprint density at radius 1 is 0.867 bits per heavy atom. The molecule has 4 nitrogen and oxygen atoms in total. The lowest BCUT2D eigenvalue weighted by molar-refractivity contribution is -0.127. The van der Waals surface area contributed by atoms with Crippen LogP contribution in [0.3, 0.4) is 0 Å². The molecule has 0 aromatic heterocycles. The molecule has 0 heterocycles. The number of hydrogen-bond donors (Lipinski definition) is 2. The molecule has 0 radical (unpaired) electrons. The summed E-state index contributed by atoms with van der Waals surface area (Å²) in [5.41, 5.74) is 0.869. The first-order chi connectivity index (χ1) is 14.1. The van der Waals surface area contributed by atoms with Crippen LogP contribution in [-0.2, 0) is 10.1 Å². The van der Waals surface area contributed by atoms with Gasteiger partial charge in [0.15, 0.2) is 0 Å². The molecule has 0 aliphatic heterocycles. The summed E-state index contributed by atoms with van der Waals surface area (Å²) in [5, 5.41) is 10.2. The van der Waals surface area contributed by atoms with E-state index in [1.807, 2.05) is 13.8 Å². The Morgan fingerprint density at radius 2 is 1.53 bits per heavy atom. The number of aliphatic hydroxyl groups is 1. The predicted molar refractivity (Wildman–Crippen MR) is 123 cm³/mol. The van der Waals surface area contributed by atoms with Crippen LogP contribution in [0, 0.1) is 40.4 Å². The van der Waals surface area contributed by atoms with E-state index in [9.17, 15) is 13.5 Å². The molecule has 7 unspecified atom stereocenters. The molecule has 30 heavy (non-hydrogen) atoms. The molecular weight excluding hydrogens is 396 g/mol. The Morgan fingerprint density at radius 3 is 2.23 bits per heavy atom. The zero-order valence-corrected chi connectivity index (χ0v) is 20.6. The van der Waals surface area contributed by atoms with Crippen LogP contribution >= 0.6 is 0 Å². The average Bonchev–Trinajstić information content (AvgIpc) is 3.03. The molecule has 0 aromatic rings. The van der Waals surface area contributed by atoms with Crippen LogP contribution in [-0.4, -0.2) is 29.9 Å². The van der Waals surface area contributed by atoms with Crippen LogP contribution < -0.4 is 0 Å². The number of aliphatic hydroxyl groups excluding tert-OH is 1. The van der Waals surface area contributed by atoms with Gasteiger partial charge in [0, 0.05) is 0 Å². The first-order valence-electron chi connectivity index (χ1n) is 12.8. The largest absolute Gasteiger partial charge is 0.393 e. The highest BCUT2D eigenvalue weighted by Crippen LogP contribution is 2.67. The highest BCUT2D eigenvalue weighted by atomic mass is 32.2. The van der Waals surface area contributed by atoms with Crippen LogP contribution in [0.1, 0.15) is 105 Å². The highest BCUT2D eigenvalue weighted by molar-refractivity contribution is 7.85. The molecule has 4 fully saturated rings. The maximum atomic E-state index is 11.0. The summed E-state index contributed by atoms with van der Waals surface area (Å²) in [5.74, 6) is 3.89. The van der Waals surface area contributed by atoms with E-state index in [2.05, 4.69) is 13.8 Å². The second kappa shape index (κ2) is 9.39. The predicted octanol–water partition coefficient (Wildman–Crippen LogP) is 6.09. The molecule has 0 spiro atoms. The van der Waals surface area contributed by atoms with E-state index in [1.54, 1.807) is 0 Å². The molecule has 4 aliphatic carbocycles. The van der Waals surface area contributed by atoms with Crippen LogP contribution in [0.4, 0.5) is 0 Å². The third-order valence-corrected chi connectivity index (χ3v) is 10.8. The van der Waals surface area contributed by atoms with Crippen LogP contribution in [0.15, 0.2) is 0 Å². The van der Waals surface area contributed by atoms with Crippen molar-refractivity contribution in [2.24, 2.45) is 40.4 Å². The van der Waals surface area contributed by atoms with Crippen molar-refractivity contribution in [1.82, 2.24) is 0 Å². The molecule has 4 rings (SSSR count).